The molecule has 2 aromatic heterocycles. The second-order valence-electron chi connectivity index (χ2n) is 5.76. The summed E-state index contributed by atoms with van der Waals surface area (Å²) in [4.78, 5) is 12.3. The first kappa shape index (κ1) is 18.5. The molecular formula is C19H20IN3O3. The molecule has 0 aliphatic rings. The van der Waals surface area contributed by atoms with Crippen LogP contribution in [-0.2, 0) is 19.7 Å². The summed E-state index contributed by atoms with van der Waals surface area (Å²) in [6.45, 7) is 5.52. The molecule has 3 aromatic rings. The average molecular weight is 465 g/mol. The number of amides is 1. The predicted octanol–water partition coefficient (Wildman–Crippen LogP) is 3.92. The van der Waals surface area contributed by atoms with Crippen molar-refractivity contribution in [3.63, 3.8) is 0 Å². The van der Waals surface area contributed by atoms with E-state index in [9.17, 15) is 4.79 Å². The van der Waals surface area contributed by atoms with E-state index in [-0.39, 0.29) is 18.3 Å². The van der Waals surface area contributed by atoms with Crippen LogP contribution in [0.4, 0.5) is 0 Å². The first-order valence-electron chi connectivity index (χ1n) is 8.33. The van der Waals surface area contributed by atoms with Gasteiger partial charge in [0.15, 0.2) is 5.76 Å². The van der Waals surface area contributed by atoms with E-state index < -0.39 is 0 Å². The number of hydrogen-bond donors (Lipinski definition) is 1. The molecule has 1 N–H and O–H groups in total. The highest BCUT2D eigenvalue weighted by Gasteiger charge is 2.13. The van der Waals surface area contributed by atoms with Crippen molar-refractivity contribution in [1.82, 2.24) is 15.1 Å². The van der Waals surface area contributed by atoms with Crippen LogP contribution in [0.1, 0.15) is 34.5 Å². The van der Waals surface area contributed by atoms with E-state index in [2.05, 4.69) is 33.0 Å². The van der Waals surface area contributed by atoms with Crippen molar-refractivity contribution in [1.29, 1.82) is 0 Å². The standard InChI is InChI=1S/C19H20IN3O3/c1-3-23-13(2)14(11-22-23)10-21-19(24)18-9-8-17(26-18)12-25-16-6-4-15(20)5-7-16/h4-9,11H,3,10,12H2,1-2H3,(H,21,24). The van der Waals surface area contributed by atoms with Crippen molar-refractivity contribution in [3.8, 4) is 5.75 Å². The monoisotopic (exact) mass is 465 g/mol. The number of hydrogen-bond acceptors (Lipinski definition) is 4. The van der Waals surface area contributed by atoms with Crippen LogP contribution in [0.3, 0.4) is 0 Å². The first-order chi connectivity index (χ1) is 12.6. The molecule has 0 aliphatic carbocycles. The summed E-state index contributed by atoms with van der Waals surface area (Å²) >= 11 is 2.24. The minimum absolute atomic E-state index is 0.255. The minimum atomic E-state index is -0.255. The fourth-order valence-corrected chi connectivity index (χ4v) is 2.86. The Hall–Kier alpha value is -2.29. The number of rotatable bonds is 7. The average Bonchev–Trinajstić information content (AvgIpc) is 3.26. The topological polar surface area (TPSA) is 69.3 Å². The summed E-state index contributed by atoms with van der Waals surface area (Å²) in [5, 5.41) is 7.13. The predicted molar refractivity (Wildman–Crippen MR) is 106 cm³/mol. The molecule has 26 heavy (non-hydrogen) atoms. The van der Waals surface area contributed by atoms with Gasteiger partial charge in [-0.05, 0) is 72.8 Å². The maximum absolute atomic E-state index is 12.3. The molecule has 1 aromatic carbocycles. The third kappa shape index (κ3) is 4.46. The molecule has 0 spiro atoms. The number of furan rings is 1. The number of nitrogens with one attached hydrogen (secondary N) is 1. The molecule has 7 heteroatoms. The Kier molecular flexibility index (Phi) is 5.97. The van der Waals surface area contributed by atoms with Crippen LogP contribution in [0.25, 0.3) is 0 Å². The van der Waals surface area contributed by atoms with Gasteiger partial charge < -0.3 is 14.5 Å². The molecule has 2 heterocycles. The molecule has 0 fully saturated rings. The van der Waals surface area contributed by atoms with Gasteiger partial charge in [-0.15, -0.1) is 0 Å². The molecule has 0 atom stereocenters. The van der Waals surface area contributed by atoms with Gasteiger partial charge in [0.2, 0.25) is 0 Å². The molecule has 0 radical (unpaired) electrons. The number of halogens is 1. The lowest BCUT2D eigenvalue weighted by Crippen LogP contribution is -2.22. The van der Waals surface area contributed by atoms with Gasteiger partial charge >= 0.3 is 0 Å². The Morgan fingerprint density at radius 1 is 1.27 bits per heavy atom. The van der Waals surface area contributed by atoms with Crippen LogP contribution in [0.5, 0.6) is 5.75 Å². The molecular weight excluding hydrogens is 445 g/mol. The van der Waals surface area contributed by atoms with Gasteiger partial charge in [0.05, 0.1) is 6.20 Å². The molecule has 0 bridgehead atoms. The molecule has 0 saturated heterocycles. The van der Waals surface area contributed by atoms with Gasteiger partial charge in [-0.25, -0.2) is 0 Å². The van der Waals surface area contributed by atoms with E-state index in [0.717, 1.165) is 27.1 Å². The SMILES string of the molecule is CCn1ncc(CNC(=O)c2ccc(COc3ccc(I)cc3)o2)c1C. The molecule has 0 aliphatic heterocycles. The van der Waals surface area contributed by atoms with Crippen molar-refractivity contribution in [2.24, 2.45) is 0 Å². The zero-order chi connectivity index (χ0) is 18.5. The normalized spacial score (nSPS) is 10.7. The quantitative estimate of drug-likeness (QED) is 0.538. The summed E-state index contributed by atoms with van der Waals surface area (Å²) in [7, 11) is 0. The van der Waals surface area contributed by atoms with E-state index in [1.807, 2.05) is 42.8 Å². The van der Waals surface area contributed by atoms with Crippen molar-refractivity contribution in [3.05, 3.63) is 68.9 Å². The van der Waals surface area contributed by atoms with Crippen LogP contribution in [0.15, 0.2) is 47.0 Å². The van der Waals surface area contributed by atoms with Gasteiger partial charge in [0.1, 0.15) is 18.1 Å². The Morgan fingerprint density at radius 2 is 2.04 bits per heavy atom. The Balaban J connectivity index is 1.54. The number of nitrogens with zero attached hydrogens (tertiary/aromatic N) is 2. The smallest absolute Gasteiger partial charge is 0.287 e. The van der Waals surface area contributed by atoms with Gasteiger partial charge in [-0.3, -0.25) is 9.48 Å². The lowest BCUT2D eigenvalue weighted by atomic mass is 10.2. The second-order valence-corrected chi connectivity index (χ2v) is 7.01. The third-order valence-corrected chi connectivity index (χ3v) is 4.74. The molecule has 1 amide bonds. The van der Waals surface area contributed by atoms with Crippen LogP contribution in [-0.4, -0.2) is 15.7 Å². The van der Waals surface area contributed by atoms with Gasteiger partial charge in [-0.1, -0.05) is 0 Å². The number of aromatic nitrogens is 2. The van der Waals surface area contributed by atoms with Crippen molar-refractivity contribution in [2.75, 3.05) is 0 Å². The first-order valence-corrected chi connectivity index (χ1v) is 9.41. The number of benzene rings is 1. The fraction of sp³-hybridized carbons (Fsp3) is 0.263. The summed E-state index contributed by atoms with van der Waals surface area (Å²) in [5.41, 5.74) is 2.05. The van der Waals surface area contributed by atoms with E-state index in [4.69, 9.17) is 9.15 Å². The summed E-state index contributed by atoms with van der Waals surface area (Å²) in [6, 6.07) is 11.2. The van der Waals surface area contributed by atoms with Gasteiger partial charge in [-0.2, -0.15) is 5.10 Å². The third-order valence-electron chi connectivity index (χ3n) is 4.02. The number of ether oxygens (including phenoxy) is 1. The molecule has 0 unspecified atom stereocenters. The molecule has 3 rings (SSSR count). The zero-order valence-corrected chi connectivity index (χ0v) is 16.8. The van der Waals surface area contributed by atoms with Crippen LogP contribution in [0.2, 0.25) is 0 Å². The number of carbonyl (C=O) groups is 1. The van der Waals surface area contributed by atoms with E-state index in [1.54, 1.807) is 18.3 Å². The Morgan fingerprint density at radius 3 is 2.73 bits per heavy atom. The Bertz CT molecular complexity index is 884. The highest BCUT2D eigenvalue weighted by molar-refractivity contribution is 14.1. The minimum Gasteiger partial charge on any atom is -0.486 e. The van der Waals surface area contributed by atoms with Gasteiger partial charge in [0.25, 0.3) is 5.91 Å². The fourth-order valence-electron chi connectivity index (χ4n) is 2.50. The van der Waals surface area contributed by atoms with Crippen LogP contribution >= 0.6 is 22.6 Å². The van der Waals surface area contributed by atoms with E-state index >= 15 is 0 Å². The maximum Gasteiger partial charge on any atom is 0.287 e. The maximum atomic E-state index is 12.3. The molecule has 6 nitrogen and oxygen atoms in total. The summed E-state index contributed by atoms with van der Waals surface area (Å²) < 4.78 is 14.3. The van der Waals surface area contributed by atoms with Crippen molar-refractivity contribution >= 4 is 28.5 Å². The van der Waals surface area contributed by atoms with E-state index in [0.29, 0.717) is 12.3 Å². The van der Waals surface area contributed by atoms with Crippen molar-refractivity contribution in [2.45, 2.75) is 33.5 Å². The van der Waals surface area contributed by atoms with E-state index in [1.165, 1.54) is 0 Å². The lowest BCUT2D eigenvalue weighted by molar-refractivity contribution is 0.0919. The summed E-state index contributed by atoms with van der Waals surface area (Å²) in [5.74, 6) is 1.38. The number of carbonyl (C=O) groups excluding carboxylic acids is 1. The number of aryl methyl sites for hydroxylation is 1. The molecule has 0 saturated carbocycles. The lowest BCUT2D eigenvalue weighted by Gasteiger charge is -2.05. The summed E-state index contributed by atoms with van der Waals surface area (Å²) in [6.07, 6.45) is 1.78. The highest BCUT2D eigenvalue weighted by Crippen LogP contribution is 2.16. The highest BCUT2D eigenvalue weighted by atomic mass is 127. The Labute approximate surface area is 165 Å². The van der Waals surface area contributed by atoms with Crippen LogP contribution in [0, 0.1) is 10.5 Å². The van der Waals surface area contributed by atoms with Crippen molar-refractivity contribution < 1.29 is 13.9 Å². The van der Waals surface area contributed by atoms with Gasteiger partial charge in [0, 0.05) is 27.9 Å². The second kappa shape index (κ2) is 8.39. The zero-order valence-electron chi connectivity index (χ0n) is 14.7. The molecule has 136 valence electrons. The largest absolute Gasteiger partial charge is 0.486 e. The van der Waals surface area contributed by atoms with Crippen LogP contribution < -0.4 is 10.1 Å².